The summed E-state index contributed by atoms with van der Waals surface area (Å²) in [7, 11) is 2.15. The molecule has 1 amide bonds. The van der Waals surface area contributed by atoms with E-state index >= 15 is 0 Å². The smallest absolute Gasteiger partial charge is 0.248 e. The van der Waals surface area contributed by atoms with Gasteiger partial charge in [-0.05, 0) is 62.4 Å². The maximum atomic E-state index is 12.8. The zero-order valence-corrected chi connectivity index (χ0v) is 17.3. The van der Waals surface area contributed by atoms with E-state index in [0.29, 0.717) is 6.54 Å². The van der Waals surface area contributed by atoms with Gasteiger partial charge in [0.15, 0.2) is 0 Å². The standard InChI is InChI=1S/C25H30N2O2/c1-25(20-6-4-3-5-7-20)15-23(25)24(29)26-16-21(27(2)17-19-8-9-19)14-18-10-12-22(28)13-11-18/h3-7,10-13,15,19,21,28H,8-9,14,16-17H2,1-2H3,(H,26,29)/t21-,25-/m0/s1. The minimum atomic E-state index is -0.238. The van der Waals surface area contributed by atoms with E-state index in [2.05, 4.69) is 42.4 Å². The van der Waals surface area contributed by atoms with Crippen molar-refractivity contribution in [2.45, 2.75) is 37.6 Å². The molecule has 1 fully saturated rings. The molecule has 0 heterocycles. The summed E-state index contributed by atoms with van der Waals surface area (Å²) in [5, 5.41) is 12.7. The molecule has 4 nitrogen and oxygen atoms in total. The number of hydrogen-bond donors (Lipinski definition) is 2. The van der Waals surface area contributed by atoms with Crippen LogP contribution in [0.25, 0.3) is 0 Å². The second-order valence-electron chi connectivity index (χ2n) is 8.74. The molecular weight excluding hydrogens is 360 g/mol. The van der Waals surface area contributed by atoms with Gasteiger partial charge in [0.1, 0.15) is 5.75 Å². The Morgan fingerprint density at radius 1 is 1.17 bits per heavy atom. The molecule has 1 saturated carbocycles. The van der Waals surface area contributed by atoms with Crippen molar-refractivity contribution in [1.82, 2.24) is 10.2 Å². The van der Waals surface area contributed by atoms with Crippen molar-refractivity contribution in [3.8, 4) is 5.75 Å². The Hall–Kier alpha value is -2.59. The lowest BCUT2D eigenvalue weighted by molar-refractivity contribution is -0.117. The van der Waals surface area contributed by atoms with E-state index in [1.54, 1.807) is 12.1 Å². The number of nitrogens with one attached hydrogen (secondary N) is 1. The Bertz CT molecular complexity index is 887. The highest BCUT2D eigenvalue weighted by molar-refractivity contribution is 6.02. The van der Waals surface area contributed by atoms with Crippen molar-refractivity contribution in [3.05, 3.63) is 77.4 Å². The number of carbonyl (C=O) groups excluding carboxylic acids is 1. The molecule has 0 saturated heterocycles. The molecule has 2 aromatic carbocycles. The van der Waals surface area contributed by atoms with Gasteiger partial charge in [-0.2, -0.15) is 0 Å². The number of carbonyl (C=O) groups is 1. The van der Waals surface area contributed by atoms with Crippen LogP contribution in [0.2, 0.25) is 0 Å². The second-order valence-corrected chi connectivity index (χ2v) is 8.74. The Labute approximate surface area is 173 Å². The zero-order chi connectivity index (χ0) is 20.4. The number of nitrogens with zero attached hydrogens (tertiary/aromatic N) is 1. The van der Waals surface area contributed by atoms with Crippen molar-refractivity contribution in [3.63, 3.8) is 0 Å². The van der Waals surface area contributed by atoms with Crippen molar-refractivity contribution in [2.75, 3.05) is 20.1 Å². The largest absolute Gasteiger partial charge is 0.508 e. The van der Waals surface area contributed by atoms with Crippen LogP contribution in [-0.2, 0) is 16.6 Å². The molecule has 0 unspecified atom stereocenters. The lowest BCUT2D eigenvalue weighted by Gasteiger charge is -2.28. The number of likely N-dealkylation sites (N-methyl/N-ethyl adjacent to an activating group) is 1. The fourth-order valence-electron chi connectivity index (χ4n) is 4.03. The molecule has 2 aliphatic carbocycles. The van der Waals surface area contributed by atoms with E-state index in [0.717, 1.165) is 30.0 Å². The first kappa shape index (κ1) is 19.7. The van der Waals surface area contributed by atoms with Crippen LogP contribution in [0.5, 0.6) is 5.75 Å². The number of allylic oxidation sites excluding steroid dienone is 1. The van der Waals surface area contributed by atoms with Gasteiger partial charge in [-0.15, -0.1) is 0 Å². The molecule has 29 heavy (non-hydrogen) atoms. The van der Waals surface area contributed by atoms with Crippen LogP contribution >= 0.6 is 0 Å². The number of rotatable bonds is 9. The van der Waals surface area contributed by atoms with E-state index in [4.69, 9.17) is 0 Å². The van der Waals surface area contributed by atoms with Gasteiger partial charge >= 0.3 is 0 Å². The van der Waals surface area contributed by atoms with Gasteiger partial charge in [-0.1, -0.05) is 48.5 Å². The minimum Gasteiger partial charge on any atom is -0.508 e. The summed E-state index contributed by atoms with van der Waals surface area (Å²) in [5.41, 5.74) is 2.95. The molecule has 0 aromatic heterocycles. The molecule has 2 N–H and O–H groups in total. The summed E-state index contributed by atoms with van der Waals surface area (Å²) in [6, 6.07) is 17.8. The van der Waals surface area contributed by atoms with Gasteiger partial charge in [0.25, 0.3) is 0 Å². The Balaban J connectivity index is 1.37. The van der Waals surface area contributed by atoms with Crippen molar-refractivity contribution >= 4 is 5.91 Å². The first-order valence-electron chi connectivity index (χ1n) is 10.5. The molecule has 0 radical (unpaired) electrons. The molecule has 4 heteroatoms. The molecule has 152 valence electrons. The van der Waals surface area contributed by atoms with E-state index in [-0.39, 0.29) is 23.1 Å². The van der Waals surface area contributed by atoms with Crippen LogP contribution < -0.4 is 5.32 Å². The molecule has 0 spiro atoms. The van der Waals surface area contributed by atoms with Crippen LogP contribution in [0.4, 0.5) is 0 Å². The molecule has 2 atom stereocenters. The summed E-state index contributed by atoms with van der Waals surface area (Å²) in [6.45, 7) is 3.79. The van der Waals surface area contributed by atoms with Crippen LogP contribution in [0.3, 0.4) is 0 Å². The summed E-state index contributed by atoms with van der Waals surface area (Å²) < 4.78 is 0. The maximum Gasteiger partial charge on any atom is 0.248 e. The molecular formula is C25H30N2O2. The number of hydrogen-bond acceptors (Lipinski definition) is 3. The number of phenols is 1. The number of benzene rings is 2. The number of phenolic OH excluding ortho intramolecular Hbond substituents is 1. The van der Waals surface area contributed by atoms with Crippen LogP contribution in [0.1, 0.15) is 30.9 Å². The SMILES string of the molecule is CN(CC1CC1)[C@H](CNC(=O)C1=C[C@@]1(C)c1ccccc1)Cc1ccc(O)cc1. The first-order chi connectivity index (χ1) is 14.0. The van der Waals surface area contributed by atoms with E-state index in [1.165, 1.54) is 18.4 Å². The Kier molecular flexibility index (Phi) is 5.46. The average molecular weight is 391 g/mol. The predicted octanol–water partition coefficient (Wildman–Crippen LogP) is 3.66. The van der Waals surface area contributed by atoms with Gasteiger partial charge in [-0.25, -0.2) is 0 Å². The van der Waals surface area contributed by atoms with E-state index in [1.807, 2.05) is 30.3 Å². The van der Waals surface area contributed by atoms with E-state index in [9.17, 15) is 9.90 Å². The minimum absolute atomic E-state index is 0.0341. The fourth-order valence-corrected chi connectivity index (χ4v) is 4.03. The van der Waals surface area contributed by atoms with Gasteiger partial charge < -0.3 is 15.3 Å². The summed E-state index contributed by atoms with van der Waals surface area (Å²) >= 11 is 0. The van der Waals surface area contributed by atoms with E-state index < -0.39 is 0 Å². The highest BCUT2D eigenvalue weighted by atomic mass is 16.3. The van der Waals surface area contributed by atoms with Crippen LogP contribution in [0.15, 0.2) is 66.2 Å². The normalized spacial score (nSPS) is 21.6. The highest BCUT2D eigenvalue weighted by Crippen LogP contribution is 2.46. The third-order valence-corrected chi connectivity index (χ3v) is 6.30. The van der Waals surface area contributed by atoms with Crippen molar-refractivity contribution < 1.29 is 9.90 Å². The molecule has 2 aliphatic rings. The average Bonchev–Trinajstić information content (AvgIpc) is 3.65. The predicted molar refractivity (Wildman–Crippen MR) is 116 cm³/mol. The third-order valence-electron chi connectivity index (χ3n) is 6.30. The van der Waals surface area contributed by atoms with Crippen molar-refractivity contribution in [2.24, 2.45) is 5.92 Å². The van der Waals surface area contributed by atoms with Crippen molar-refractivity contribution in [1.29, 1.82) is 0 Å². The lowest BCUT2D eigenvalue weighted by Crippen LogP contribution is -2.44. The third kappa shape index (κ3) is 4.70. The first-order valence-corrected chi connectivity index (χ1v) is 10.5. The Morgan fingerprint density at radius 3 is 2.52 bits per heavy atom. The maximum absolute atomic E-state index is 12.8. The van der Waals surface area contributed by atoms with Gasteiger partial charge in [0, 0.05) is 30.1 Å². The Morgan fingerprint density at radius 2 is 1.86 bits per heavy atom. The number of amides is 1. The second kappa shape index (κ2) is 8.03. The van der Waals surface area contributed by atoms with Gasteiger partial charge in [-0.3, -0.25) is 4.79 Å². The van der Waals surface area contributed by atoms with Crippen LogP contribution in [-0.4, -0.2) is 42.1 Å². The lowest BCUT2D eigenvalue weighted by atomic mass is 9.92. The van der Waals surface area contributed by atoms with Crippen LogP contribution in [0, 0.1) is 5.92 Å². The molecule has 2 aromatic rings. The summed E-state index contributed by atoms with van der Waals surface area (Å²) in [4.78, 5) is 15.2. The topological polar surface area (TPSA) is 52.6 Å². The monoisotopic (exact) mass is 390 g/mol. The molecule has 4 rings (SSSR count). The zero-order valence-electron chi connectivity index (χ0n) is 17.3. The quantitative estimate of drug-likeness (QED) is 0.687. The van der Waals surface area contributed by atoms with Gasteiger partial charge in [0.05, 0.1) is 0 Å². The summed E-state index contributed by atoms with van der Waals surface area (Å²) in [5.74, 6) is 1.11. The molecule has 0 bridgehead atoms. The summed E-state index contributed by atoms with van der Waals surface area (Å²) in [6.07, 6.45) is 5.52. The number of aromatic hydroxyl groups is 1. The van der Waals surface area contributed by atoms with Gasteiger partial charge in [0.2, 0.25) is 5.91 Å². The molecule has 0 aliphatic heterocycles. The fraction of sp³-hybridized carbons (Fsp3) is 0.400. The highest BCUT2D eigenvalue weighted by Gasteiger charge is 2.44.